The first kappa shape index (κ1) is 49.9. The van der Waals surface area contributed by atoms with Gasteiger partial charge in [-0.15, -0.1) is 0 Å². The average Bonchev–Trinajstić information content (AvgIpc) is 3.11. The minimum absolute atomic E-state index is 0. The van der Waals surface area contributed by atoms with Crippen molar-refractivity contribution in [2.24, 2.45) is 11.8 Å². The van der Waals surface area contributed by atoms with Crippen molar-refractivity contribution < 1.29 is 38.1 Å². The van der Waals surface area contributed by atoms with Crippen LogP contribution in [-0.2, 0) is 38.1 Å². The molecule has 2 rings (SSSR count). The van der Waals surface area contributed by atoms with E-state index < -0.39 is 0 Å². The van der Waals surface area contributed by atoms with Gasteiger partial charge < -0.3 is 40.2 Å². The Hall–Kier alpha value is -5.00. The molecular weight excluding hydrogens is 616 g/mol. The Labute approximate surface area is 288 Å². The van der Waals surface area contributed by atoms with Gasteiger partial charge in [0.1, 0.15) is 11.5 Å². The molecule has 4 N–H and O–H groups in total. The van der Waals surface area contributed by atoms with Gasteiger partial charge in [-0.2, -0.15) is 0 Å². The predicted octanol–water partition coefficient (Wildman–Crippen LogP) is 5.32. The molecule has 0 saturated carbocycles. The van der Waals surface area contributed by atoms with Gasteiger partial charge in [0.15, 0.2) is 0 Å². The zero-order chi connectivity index (χ0) is 35.3. The SMILES string of the molecule is C.C.C=CC(=C)OC.C=CC(=C)OC.C=CC(=O)NCNC(=O)C=C.COC1=CCC(C(=O)NCNC(=O)C2CC=C(OC)CC2)CC1. The van der Waals surface area contributed by atoms with Crippen LogP contribution in [0.25, 0.3) is 0 Å². The van der Waals surface area contributed by atoms with Gasteiger partial charge in [-0.1, -0.05) is 54.3 Å². The van der Waals surface area contributed by atoms with E-state index in [1.807, 2.05) is 12.2 Å². The standard InChI is InChI=1S/C17H26N2O4.C7H10N2O2.2C5H8O.2CH4/c1-22-14-7-3-12(4-8-14)16(20)18-11-19-17(21)13-5-9-15(23-2)10-6-13;1-3-6(10)8-5-9-7(11)4-2;2*1-4-5(2)6-3;;/h7,9,12-13H,3-6,8,10-11H2,1-2H3,(H,18,20)(H,19,21);3-4H,1-2,5H2,(H,8,10)(H,9,11);2*4H,1-2H2,3H3;2*1H4. The fourth-order valence-electron chi connectivity index (χ4n) is 3.50. The largest absolute Gasteiger partial charge is 0.501 e. The summed E-state index contributed by atoms with van der Waals surface area (Å²) in [6, 6.07) is 0. The Morgan fingerprint density at radius 3 is 1.19 bits per heavy atom. The molecule has 2 aliphatic rings. The fourth-order valence-corrected chi connectivity index (χ4v) is 3.50. The van der Waals surface area contributed by atoms with Crippen molar-refractivity contribution in [3.63, 3.8) is 0 Å². The third kappa shape index (κ3) is 25.2. The number of rotatable bonds is 14. The molecule has 12 nitrogen and oxygen atoms in total. The van der Waals surface area contributed by atoms with Crippen LogP contribution in [0.15, 0.2) is 99.0 Å². The van der Waals surface area contributed by atoms with Crippen LogP contribution in [-0.4, -0.2) is 65.4 Å². The van der Waals surface area contributed by atoms with Crippen molar-refractivity contribution in [2.75, 3.05) is 41.8 Å². The maximum Gasteiger partial charge on any atom is 0.244 e. The molecule has 2 atom stereocenters. The summed E-state index contributed by atoms with van der Waals surface area (Å²) in [4.78, 5) is 45.1. The quantitative estimate of drug-likeness (QED) is 0.0835. The lowest BCUT2D eigenvalue weighted by Gasteiger charge is -2.22. The van der Waals surface area contributed by atoms with Crippen molar-refractivity contribution in [1.29, 1.82) is 0 Å². The number of carbonyl (C=O) groups excluding carboxylic acids is 4. The summed E-state index contributed by atoms with van der Waals surface area (Å²) < 4.78 is 19.5. The summed E-state index contributed by atoms with van der Waals surface area (Å²) in [5.74, 6) is 2.36. The highest BCUT2D eigenvalue weighted by molar-refractivity contribution is 5.89. The molecule has 272 valence electrons. The molecular formula is C36H60N4O8. The second-order valence-electron chi connectivity index (χ2n) is 9.37. The molecule has 0 fully saturated rings. The lowest BCUT2D eigenvalue weighted by molar-refractivity contribution is -0.127. The summed E-state index contributed by atoms with van der Waals surface area (Å²) in [5.41, 5.74) is 0. The van der Waals surface area contributed by atoms with Crippen LogP contribution in [0, 0.1) is 11.8 Å². The Kier molecular flexibility index (Phi) is 33.2. The molecule has 12 heteroatoms. The minimum atomic E-state index is -0.325. The smallest absolute Gasteiger partial charge is 0.244 e. The first-order chi connectivity index (χ1) is 22.0. The summed E-state index contributed by atoms with van der Waals surface area (Å²) in [7, 11) is 6.42. The van der Waals surface area contributed by atoms with Crippen LogP contribution in [0.4, 0.5) is 0 Å². The van der Waals surface area contributed by atoms with E-state index in [1.165, 1.54) is 0 Å². The number of allylic oxidation sites excluding steroid dienone is 6. The van der Waals surface area contributed by atoms with Crippen LogP contribution < -0.4 is 21.3 Å². The number of carbonyl (C=O) groups is 4. The number of ether oxygens (including phenoxy) is 4. The van der Waals surface area contributed by atoms with E-state index in [9.17, 15) is 19.2 Å². The molecule has 2 unspecified atom stereocenters. The van der Waals surface area contributed by atoms with Crippen molar-refractivity contribution in [1.82, 2.24) is 21.3 Å². The summed E-state index contributed by atoms with van der Waals surface area (Å²) in [5, 5.41) is 10.3. The van der Waals surface area contributed by atoms with Gasteiger partial charge in [0.2, 0.25) is 23.6 Å². The van der Waals surface area contributed by atoms with Gasteiger partial charge in [0, 0.05) is 24.7 Å². The van der Waals surface area contributed by atoms with E-state index in [0.717, 1.165) is 49.4 Å². The van der Waals surface area contributed by atoms with Crippen molar-refractivity contribution >= 4 is 23.6 Å². The number of methoxy groups -OCH3 is 4. The fraction of sp³-hybridized carbons (Fsp3) is 0.444. The Balaban J connectivity index is -0.000000323. The predicted molar refractivity (Wildman–Crippen MR) is 194 cm³/mol. The normalized spacial score (nSPS) is 15.1. The third-order valence-electron chi connectivity index (χ3n) is 6.41. The lowest BCUT2D eigenvalue weighted by atomic mass is 9.92. The van der Waals surface area contributed by atoms with E-state index in [1.54, 1.807) is 40.6 Å². The van der Waals surface area contributed by atoms with Crippen LogP contribution in [0.2, 0.25) is 0 Å². The van der Waals surface area contributed by atoms with E-state index in [-0.39, 0.29) is 63.7 Å². The van der Waals surface area contributed by atoms with Gasteiger partial charge in [-0.25, -0.2) is 0 Å². The number of hydrogen-bond acceptors (Lipinski definition) is 8. The summed E-state index contributed by atoms with van der Waals surface area (Å²) >= 11 is 0. The zero-order valence-corrected chi connectivity index (χ0v) is 27.8. The Morgan fingerprint density at radius 2 is 0.979 bits per heavy atom. The highest BCUT2D eigenvalue weighted by Crippen LogP contribution is 2.24. The van der Waals surface area contributed by atoms with E-state index >= 15 is 0 Å². The molecule has 2 aliphatic carbocycles. The maximum absolute atomic E-state index is 12.1. The van der Waals surface area contributed by atoms with Crippen molar-refractivity contribution in [2.45, 2.75) is 53.4 Å². The highest BCUT2D eigenvalue weighted by atomic mass is 16.5. The summed E-state index contributed by atoms with van der Waals surface area (Å²) in [6.07, 6.45) is 13.8. The Morgan fingerprint density at radius 1 is 0.646 bits per heavy atom. The van der Waals surface area contributed by atoms with E-state index in [0.29, 0.717) is 24.4 Å². The molecule has 0 aromatic heterocycles. The molecule has 0 saturated heterocycles. The molecule has 0 aliphatic heterocycles. The molecule has 0 aromatic rings. The first-order valence-electron chi connectivity index (χ1n) is 14.5. The van der Waals surface area contributed by atoms with Crippen LogP contribution in [0.3, 0.4) is 0 Å². The van der Waals surface area contributed by atoms with Gasteiger partial charge in [0.25, 0.3) is 0 Å². The summed E-state index contributed by atoms with van der Waals surface area (Å²) in [6.45, 7) is 20.5. The van der Waals surface area contributed by atoms with E-state index in [4.69, 9.17) is 9.47 Å². The number of amides is 4. The maximum atomic E-state index is 12.1. The topological polar surface area (TPSA) is 153 Å². The second-order valence-corrected chi connectivity index (χ2v) is 9.37. The van der Waals surface area contributed by atoms with Crippen LogP contribution >= 0.6 is 0 Å². The monoisotopic (exact) mass is 676 g/mol. The molecule has 0 bridgehead atoms. The third-order valence-corrected chi connectivity index (χ3v) is 6.41. The molecule has 0 heterocycles. The van der Waals surface area contributed by atoms with Gasteiger partial charge in [0.05, 0.1) is 53.3 Å². The molecule has 4 amide bonds. The van der Waals surface area contributed by atoms with Gasteiger partial charge in [-0.05, 0) is 62.1 Å². The zero-order valence-electron chi connectivity index (χ0n) is 27.8. The van der Waals surface area contributed by atoms with Crippen LogP contribution in [0.5, 0.6) is 0 Å². The number of nitrogens with one attached hydrogen (secondary N) is 4. The minimum Gasteiger partial charge on any atom is -0.501 e. The second kappa shape index (κ2) is 32.0. The van der Waals surface area contributed by atoms with Crippen molar-refractivity contribution in [3.05, 3.63) is 99.0 Å². The molecule has 0 spiro atoms. The first-order valence-corrected chi connectivity index (χ1v) is 14.5. The lowest BCUT2D eigenvalue weighted by Crippen LogP contribution is -2.42. The van der Waals surface area contributed by atoms with Crippen LogP contribution in [0.1, 0.15) is 53.4 Å². The van der Waals surface area contributed by atoms with E-state index in [2.05, 4.69) is 70.2 Å². The van der Waals surface area contributed by atoms with Gasteiger partial charge in [-0.3, -0.25) is 19.2 Å². The average molecular weight is 677 g/mol. The Bertz CT molecular complexity index is 1030. The number of hydrogen-bond donors (Lipinski definition) is 4. The van der Waals surface area contributed by atoms with Gasteiger partial charge >= 0.3 is 0 Å². The van der Waals surface area contributed by atoms with Crippen molar-refractivity contribution in [3.8, 4) is 0 Å². The molecule has 0 radical (unpaired) electrons. The molecule has 48 heavy (non-hydrogen) atoms. The highest BCUT2D eigenvalue weighted by Gasteiger charge is 2.24. The molecule has 0 aromatic carbocycles.